The molecule has 1 aliphatic rings. The molecule has 0 spiro atoms. The van der Waals surface area contributed by atoms with Gasteiger partial charge in [0.2, 0.25) is 5.13 Å². The summed E-state index contributed by atoms with van der Waals surface area (Å²) >= 11 is 1.30. The Labute approximate surface area is 98.2 Å². The van der Waals surface area contributed by atoms with Crippen LogP contribution in [0.2, 0.25) is 0 Å². The Morgan fingerprint density at radius 2 is 2.44 bits per heavy atom. The molecule has 16 heavy (non-hydrogen) atoms. The van der Waals surface area contributed by atoms with Crippen LogP contribution < -0.4 is 5.32 Å². The Morgan fingerprint density at radius 3 is 3.06 bits per heavy atom. The molecule has 5 nitrogen and oxygen atoms in total. The van der Waals surface area contributed by atoms with Gasteiger partial charge < -0.3 is 10.2 Å². The van der Waals surface area contributed by atoms with E-state index in [9.17, 15) is 4.79 Å². The van der Waals surface area contributed by atoms with Crippen LogP contribution in [-0.2, 0) is 0 Å². The standard InChI is InChI=1S/C10H14N4OS/c1-14(2)6-12-10-11-5-8(16-10)9(15)13-7-3-4-7/h5-7H,3-4H2,1-2H3,(H,13,15)/b12-6+. The highest BCUT2D eigenvalue weighted by Crippen LogP contribution is 2.23. The molecule has 2 rings (SSSR count). The number of carbonyl (C=O) groups excluding carboxylic acids is 1. The van der Waals surface area contributed by atoms with Gasteiger partial charge >= 0.3 is 0 Å². The lowest BCUT2D eigenvalue weighted by molar-refractivity contribution is 0.0955. The van der Waals surface area contributed by atoms with Crippen LogP contribution in [0.5, 0.6) is 0 Å². The Morgan fingerprint density at radius 1 is 1.69 bits per heavy atom. The normalized spacial score (nSPS) is 15.4. The Hall–Kier alpha value is -1.43. The van der Waals surface area contributed by atoms with Crippen LogP contribution in [-0.4, -0.2) is 42.3 Å². The van der Waals surface area contributed by atoms with Crippen LogP contribution in [0, 0.1) is 0 Å². The number of nitrogens with zero attached hydrogens (tertiary/aromatic N) is 3. The van der Waals surface area contributed by atoms with E-state index in [1.54, 1.807) is 12.5 Å². The summed E-state index contributed by atoms with van der Waals surface area (Å²) in [6, 6.07) is 0.378. The van der Waals surface area contributed by atoms with Crippen molar-refractivity contribution in [3.05, 3.63) is 11.1 Å². The highest BCUT2D eigenvalue weighted by atomic mass is 32.1. The summed E-state index contributed by atoms with van der Waals surface area (Å²) in [4.78, 5) is 22.3. The largest absolute Gasteiger partial charge is 0.369 e. The lowest BCUT2D eigenvalue weighted by atomic mass is 10.5. The summed E-state index contributed by atoms with van der Waals surface area (Å²) in [6.45, 7) is 0. The minimum Gasteiger partial charge on any atom is -0.369 e. The van der Waals surface area contributed by atoms with Gasteiger partial charge in [-0.2, -0.15) is 0 Å². The van der Waals surface area contributed by atoms with Crippen molar-refractivity contribution < 1.29 is 4.79 Å². The first-order valence-electron chi connectivity index (χ1n) is 5.12. The van der Waals surface area contributed by atoms with Gasteiger partial charge in [0.25, 0.3) is 5.91 Å². The van der Waals surface area contributed by atoms with Crippen molar-refractivity contribution in [2.75, 3.05) is 14.1 Å². The van der Waals surface area contributed by atoms with E-state index in [1.807, 2.05) is 19.0 Å². The Balaban J connectivity index is 1.97. The number of aliphatic imine (C=N–C) groups is 1. The van der Waals surface area contributed by atoms with Gasteiger partial charge in [-0.25, -0.2) is 9.98 Å². The first kappa shape index (κ1) is 11.1. The number of amides is 1. The quantitative estimate of drug-likeness (QED) is 0.634. The second kappa shape index (κ2) is 4.61. The summed E-state index contributed by atoms with van der Waals surface area (Å²) in [5.41, 5.74) is 0. The van der Waals surface area contributed by atoms with Crippen molar-refractivity contribution in [3.63, 3.8) is 0 Å². The molecule has 1 N–H and O–H groups in total. The lowest BCUT2D eigenvalue weighted by Crippen LogP contribution is -2.24. The molecule has 1 aliphatic carbocycles. The van der Waals surface area contributed by atoms with Crippen molar-refractivity contribution in [1.29, 1.82) is 0 Å². The summed E-state index contributed by atoms with van der Waals surface area (Å²) in [5.74, 6) is -0.0358. The molecule has 1 aromatic rings. The first-order chi connectivity index (χ1) is 7.65. The number of aromatic nitrogens is 1. The minimum absolute atomic E-state index is 0.0358. The van der Waals surface area contributed by atoms with Gasteiger partial charge in [0.1, 0.15) is 4.88 Å². The van der Waals surface area contributed by atoms with Gasteiger partial charge in [-0.1, -0.05) is 11.3 Å². The van der Waals surface area contributed by atoms with Crippen molar-refractivity contribution in [2.24, 2.45) is 4.99 Å². The lowest BCUT2D eigenvalue weighted by Gasteiger charge is -2.00. The van der Waals surface area contributed by atoms with E-state index in [1.165, 1.54) is 11.3 Å². The van der Waals surface area contributed by atoms with Crippen molar-refractivity contribution in [3.8, 4) is 0 Å². The smallest absolute Gasteiger partial charge is 0.263 e. The number of hydrogen-bond acceptors (Lipinski definition) is 4. The zero-order valence-corrected chi connectivity index (χ0v) is 10.1. The van der Waals surface area contributed by atoms with Crippen LogP contribution in [0.4, 0.5) is 5.13 Å². The van der Waals surface area contributed by atoms with E-state index in [2.05, 4.69) is 15.3 Å². The van der Waals surface area contributed by atoms with E-state index >= 15 is 0 Å². The minimum atomic E-state index is -0.0358. The number of carbonyl (C=O) groups is 1. The topological polar surface area (TPSA) is 57.6 Å². The maximum Gasteiger partial charge on any atom is 0.263 e. The molecule has 0 atom stereocenters. The summed E-state index contributed by atoms with van der Waals surface area (Å²) < 4.78 is 0. The molecule has 1 aromatic heterocycles. The van der Waals surface area contributed by atoms with Crippen LogP contribution in [0.15, 0.2) is 11.2 Å². The van der Waals surface area contributed by atoms with Crippen LogP contribution in [0.25, 0.3) is 0 Å². The fourth-order valence-electron chi connectivity index (χ4n) is 1.08. The van der Waals surface area contributed by atoms with E-state index in [-0.39, 0.29) is 5.91 Å². The molecule has 86 valence electrons. The third-order valence-corrected chi connectivity index (χ3v) is 2.93. The monoisotopic (exact) mass is 238 g/mol. The van der Waals surface area contributed by atoms with E-state index in [0.29, 0.717) is 16.1 Å². The van der Waals surface area contributed by atoms with Crippen LogP contribution in [0.1, 0.15) is 22.5 Å². The van der Waals surface area contributed by atoms with E-state index < -0.39 is 0 Å². The third-order valence-electron chi connectivity index (χ3n) is 2.03. The third kappa shape index (κ3) is 3.03. The molecule has 0 aliphatic heterocycles. The fourth-order valence-corrected chi connectivity index (χ4v) is 1.74. The molecular weight excluding hydrogens is 224 g/mol. The summed E-state index contributed by atoms with van der Waals surface area (Å²) in [7, 11) is 3.77. The molecule has 0 aromatic carbocycles. The molecule has 0 bridgehead atoms. The summed E-state index contributed by atoms with van der Waals surface area (Å²) in [6.07, 6.45) is 5.43. The predicted octanol–water partition coefficient (Wildman–Crippen LogP) is 1.26. The maximum absolute atomic E-state index is 11.6. The fraction of sp³-hybridized carbons (Fsp3) is 0.500. The molecule has 0 unspecified atom stereocenters. The highest BCUT2D eigenvalue weighted by molar-refractivity contribution is 7.17. The average Bonchev–Trinajstić information content (AvgIpc) is 2.92. The van der Waals surface area contributed by atoms with Gasteiger partial charge in [-0.05, 0) is 12.8 Å². The molecule has 0 saturated heterocycles. The second-order valence-electron chi connectivity index (χ2n) is 3.96. The van der Waals surface area contributed by atoms with Gasteiger partial charge in [0, 0.05) is 20.1 Å². The highest BCUT2D eigenvalue weighted by Gasteiger charge is 2.24. The van der Waals surface area contributed by atoms with Crippen LogP contribution in [0.3, 0.4) is 0 Å². The molecule has 1 fully saturated rings. The van der Waals surface area contributed by atoms with Crippen molar-refractivity contribution in [2.45, 2.75) is 18.9 Å². The van der Waals surface area contributed by atoms with Gasteiger partial charge in [0.15, 0.2) is 0 Å². The molecule has 1 amide bonds. The number of hydrogen-bond donors (Lipinski definition) is 1. The first-order valence-corrected chi connectivity index (χ1v) is 5.94. The zero-order chi connectivity index (χ0) is 11.5. The second-order valence-corrected chi connectivity index (χ2v) is 4.97. The number of rotatable bonds is 4. The molecule has 1 heterocycles. The predicted molar refractivity (Wildman–Crippen MR) is 64.4 cm³/mol. The number of thiazole rings is 1. The van der Waals surface area contributed by atoms with Crippen molar-refractivity contribution in [1.82, 2.24) is 15.2 Å². The zero-order valence-electron chi connectivity index (χ0n) is 9.30. The molecule has 6 heteroatoms. The van der Waals surface area contributed by atoms with E-state index in [0.717, 1.165) is 12.8 Å². The maximum atomic E-state index is 11.6. The van der Waals surface area contributed by atoms with Gasteiger partial charge in [-0.15, -0.1) is 0 Å². The SMILES string of the molecule is CN(C)/C=N/c1ncc(C(=O)NC2CC2)s1. The van der Waals surface area contributed by atoms with Gasteiger partial charge in [-0.3, -0.25) is 4.79 Å². The Kier molecular flexibility index (Phi) is 3.19. The van der Waals surface area contributed by atoms with Crippen LogP contribution >= 0.6 is 11.3 Å². The Bertz CT molecular complexity index is 409. The summed E-state index contributed by atoms with van der Waals surface area (Å²) in [5, 5.41) is 3.52. The molecular formula is C10H14N4OS. The van der Waals surface area contributed by atoms with Crippen molar-refractivity contribution >= 4 is 28.7 Å². The number of nitrogens with one attached hydrogen (secondary N) is 1. The molecule has 1 saturated carbocycles. The van der Waals surface area contributed by atoms with Gasteiger partial charge in [0.05, 0.1) is 12.5 Å². The average molecular weight is 238 g/mol. The van der Waals surface area contributed by atoms with E-state index in [4.69, 9.17) is 0 Å². The molecule has 0 radical (unpaired) electrons.